The molecule has 4 fully saturated rings. The maximum atomic E-state index is 5.89. The molecule has 0 atom stereocenters. The standard InChI is InChI=1S/C16H24N2O/c1-2-13-14(18-19-15(13)17)9-16-6-10-3-11(7-16)5-12(4-10)8-16/h10-12H,2-9,17H2,1H3. The average molecular weight is 260 g/mol. The number of hydrogen-bond donors (Lipinski definition) is 1. The van der Waals surface area contributed by atoms with Crippen molar-refractivity contribution in [1.29, 1.82) is 0 Å². The van der Waals surface area contributed by atoms with Crippen LogP contribution in [0.15, 0.2) is 4.52 Å². The molecule has 5 rings (SSSR count). The van der Waals surface area contributed by atoms with E-state index in [0.717, 1.165) is 41.9 Å². The molecule has 104 valence electrons. The summed E-state index contributed by atoms with van der Waals surface area (Å²) in [4.78, 5) is 0. The van der Waals surface area contributed by atoms with E-state index in [1.165, 1.54) is 38.5 Å². The Morgan fingerprint density at radius 3 is 2.26 bits per heavy atom. The van der Waals surface area contributed by atoms with Crippen LogP contribution in [0.2, 0.25) is 0 Å². The van der Waals surface area contributed by atoms with Crippen molar-refractivity contribution >= 4 is 5.88 Å². The van der Waals surface area contributed by atoms with Gasteiger partial charge in [0.1, 0.15) is 0 Å². The summed E-state index contributed by atoms with van der Waals surface area (Å²) >= 11 is 0. The normalized spacial score (nSPS) is 39.9. The largest absolute Gasteiger partial charge is 0.367 e. The van der Waals surface area contributed by atoms with Crippen molar-refractivity contribution in [2.45, 2.75) is 58.3 Å². The van der Waals surface area contributed by atoms with Gasteiger partial charge in [0.05, 0.1) is 5.69 Å². The predicted molar refractivity (Wildman–Crippen MR) is 74.6 cm³/mol. The van der Waals surface area contributed by atoms with Crippen molar-refractivity contribution in [2.24, 2.45) is 23.2 Å². The summed E-state index contributed by atoms with van der Waals surface area (Å²) in [6.45, 7) is 2.14. The Morgan fingerprint density at radius 2 is 1.74 bits per heavy atom. The topological polar surface area (TPSA) is 52.0 Å². The molecule has 0 unspecified atom stereocenters. The van der Waals surface area contributed by atoms with Gasteiger partial charge < -0.3 is 10.3 Å². The fraction of sp³-hybridized carbons (Fsp3) is 0.812. The summed E-state index contributed by atoms with van der Waals surface area (Å²) < 4.78 is 5.23. The van der Waals surface area contributed by atoms with E-state index in [1.807, 2.05) is 0 Å². The second-order valence-corrected chi connectivity index (χ2v) is 7.42. The van der Waals surface area contributed by atoms with Gasteiger partial charge in [0, 0.05) is 5.56 Å². The summed E-state index contributed by atoms with van der Waals surface area (Å²) in [7, 11) is 0. The van der Waals surface area contributed by atoms with Crippen molar-refractivity contribution in [3.05, 3.63) is 11.3 Å². The number of nitrogens with zero attached hydrogens (tertiary/aromatic N) is 1. The van der Waals surface area contributed by atoms with Crippen LogP contribution in [0, 0.1) is 23.2 Å². The zero-order valence-corrected chi connectivity index (χ0v) is 11.8. The van der Waals surface area contributed by atoms with Crippen molar-refractivity contribution in [1.82, 2.24) is 5.16 Å². The molecule has 19 heavy (non-hydrogen) atoms. The van der Waals surface area contributed by atoms with Gasteiger partial charge in [-0.15, -0.1) is 0 Å². The molecule has 1 aromatic heterocycles. The van der Waals surface area contributed by atoms with Gasteiger partial charge in [-0.2, -0.15) is 0 Å². The van der Waals surface area contributed by atoms with E-state index in [2.05, 4.69) is 12.1 Å². The summed E-state index contributed by atoms with van der Waals surface area (Å²) in [5.74, 6) is 3.55. The van der Waals surface area contributed by atoms with E-state index in [0.29, 0.717) is 11.3 Å². The second-order valence-electron chi connectivity index (χ2n) is 7.42. The molecular formula is C16H24N2O. The van der Waals surface area contributed by atoms with E-state index in [1.54, 1.807) is 0 Å². The lowest BCUT2D eigenvalue weighted by Gasteiger charge is -2.56. The smallest absolute Gasteiger partial charge is 0.225 e. The van der Waals surface area contributed by atoms with E-state index < -0.39 is 0 Å². The monoisotopic (exact) mass is 260 g/mol. The highest BCUT2D eigenvalue weighted by atomic mass is 16.5. The first kappa shape index (κ1) is 11.8. The zero-order chi connectivity index (χ0) is 13.0. The molecule has 1 aromatic rings. The number of anilines is 1. The molecule has 0 radical (unpaired) electrons. The minimum absolute atomic E-state index is 0.530. The van der Waals surface area contributed by atoms with Crippen LogP contribution in [-0.2, 0) is 12.8 Å². The maximum absolute atomic E-state index is 5.89. The number of hydrogen-bond acceptors (Lipinski definition) is 3. The SMILES string of the molecule is CCc1c(CC23CC4CC(CC(C4)C2)C3)noc1N. The molecule has 4 aliphatic rings. The summed E-state index contributed by atoms with van der Waals surface area (Å²) in [6.07, 6.45) is 10.8. The molecule has 1 heterocycles. The van der Waals surface area contributed by atoms with Crippen molar-refractivity contribution in [3.63, 3.8) is 0 Å². The Hall–Kier alpha value is -0.990. The molecule has 4 saturated carbocycles. The summed E-state index contributed by atoms with van der Waals surface area (Å²) in [5, 5.41) is 4.26. The predicted octanol–water partition coefficient (Wildman–Crippen LogP) is 3.58. The lowest BCUT2D eigenvalue weighted by Crippen LogP contribution is -2.47. The zero-order valence-electron chi connectivity index (χ0n) is 11.8. The van der Waals surface area contributed by atoms with Gasteiger partial charge >= 0.3 is 0 Å². The van der Waals surface area contributed by atoms with Crippen molar-refractivity contribution < 1.29 is 4.52 Å². The van der Waals surface area contributed by atoms with Crippen LogP contribution in [-0.4, -0.2) is 5.16 Å². The van der Waals surface area contributed by atoms with Gasteiger partial charge in [-0.3, -0.25) is 0 Å². The third kappa shape index (κ3) is 1.81. The molecule has 3 nitrogen and oxygen atoms in total. The van der Waals surface area contributed by atoms with Crippen LogP contribution in [0.1, 0.15) is 56.7 Å². The van der Waals surface area contributed by atoms with Crippen LogP contribution in [0.5, 0.6) is 0 Å². The van der Waals surface area contributed by atoms with E-state index >= 15 is 0 Å². The quantitative estimate of drug-likeness (QED) is 0.903. The maximum Gasteiger partial charge on any atom is 0.225 e. The molecule has 0 aliphatic heterocycles. The Bertz CT molecular complexity index is 456. The Morgan fingerprint density at radius 1 is 1.16 bits per heavy atom. The van der Waals surface area contributed by atoms with Gasteiger partial charge in [-0.1, -0.05) is 12.1 Å². The molecule has 2 N–H and O–H groups in total. The van der Waals surface area contributed by atoms with E-state index in [9.17, 15) is 0 Å². The molecule has 3 heteroatoms. The summed E-state index contributed by atoms with van der Waals surface area (Å²) in [5.41, 5.74) is 8.74. The third-order valence-electron chi connectivity index (χ3n) is 5.96. The van der Waals surface area contributed by atoms with Crippen LogP contribution >= 0.6 is 0 Å². The minimum atomic E-state index is 0.530. The fourth-order valence-corrected chi connectivity index (χ4v) is 5.74. The molecule has 0 spiro atoms. The molecule has 4 bridgehead atoms. The highest BCUT2D eigenvalue weighted by molar-refractivity contribution is 5.39. The van der Waals surface area contributed by atoms with Crippen LogP contribution in [0.4, 0.5) is 5.88 Å². The van der Waals surface area contributed by atoms with Crippen LogP contribution in [0.3, 0.4) is 0 Å². The van der Waals surface area contributed by atoms with Gasteiger partial charge in [-0.05, 0) is 74.5 Å². The van der Waals surface area contributed by atoms with Crippen LogP contribution in [0.25, 0.3) is 0 Å². The Kier molecular flexibility index (Phi) is 2.49. The average Bonchev–Trinajstić information content (AvgIpc) is 2.67. The third-order valence-corrected chi connectivity index (χ3v) is 5.96. The second kappa shape index (κ2) is 4.00. The lowest BCUT2D eigenvalue weighted by atomic mass is 9.48. The number of aromatic nitrogens is 1. The van der Waals surface area contributed by atoms with E-state index in [4.69, 9.17) is 10.3 Å². The minimum Gasteiger partial charge on any atom is -0.367 e. The summed E-state index contributed by atoms with van der Waals surface area (Å²) in [6, 6.07) is 0. The van der Waals surface area contributed by atoms with Gasteiger partial charge in [0.15, 0.2) is 0 Å². The Balaban J connectivity index is 1.62. The molecular weight excluding hydrogens is 236 g/mol. The van der Waals surface area contributed by atoms with Gasteiger partial charge in [0.2, 0.25) is 5.88 Å². The van der Waals surface area contributed by atoms with Crippen LogP contribution < -0.4 is 5.73 Å². The van der Waals surface area contributed by atoms with E-state index in [-0.39, 0.29) is 0 Å². The highest BCUT2D eigenvalue weighted by Gasteiger charge is 2.51. The lowest BCUT2D eigenvalue weighted by molar-refractivity contribution is -0.0530. The molecule has 4 aliphatic carbocycles. The molecule has 0 amide bonds. The van der Waals surface area contributed by atoms with Gasteiger partial charge in [-0.25, -0.2) is 0 Å². The van der Waals surface area contributed by atoms with Crippen molar-refractivity contribution in [3.8, 4) is 0 Å². The fourth-order valence-electron chi connectivity index (χ4n) is 5.74. The first-order valence-electron chi connectivity index (χ1n) is 7.90. The molecule has 0 aromatic carbocycles. The van der Waals surface area contributed by atoms with Gasteiger partial charge in [0.25, 0.3) is 0 Å². The first-order valence-corrected chi connectivity index (χ1v) is 7.90. The first-order chi connectivity index (χ1) is 9.17. The van der Waals surface area contributed by atoms with Crippen molar-refractivity contribution in [2.75, 3.05) is 5.73 Å². The molecule has 0 saturated heterocycles. The Labute approximate surface area is 114 Å². The highest BCUT2D eigenvalue weighted by Crippen LogP contribution is 2.61. The number of nitrogen functional groups attached to an aromatic ring is 1. The number of nitrogens with two attached hydrogens (primary N) is 1. The number of rotatable bonds is 3.